The summed E-state index contributed by atoms with van der Waals surface area (Å²) in [7, 11) is 2.03. The summed E-state index contributed by atoms with van der Waals surface area (Å²) < 4.78 is 7.57. The number of hydrogen-bond donors (Lipinski definition) is 2. The van der Waals surface area contributed by atoms with Gasteiger partial charge in [0.2, 0.25) is 0 Å². The maximum Gasteiger partial charge on any atom is 0.122 e. The number of imidazole rings is 1. The molecule has 0 aliphatic carbocycles. The highest BCUT2D eigenvalue weighted by Crippen LogP contribution is 2.13. The minimum atomic E-state index is -0.766. The second-order valence-electron chi connectivity index (χ2n) is 6.46. The summed E-state index contributed by atoms with van der Waals surface area (Å²) in [4.78, 5) is 9.15. The lowest BCUT2D eigenvalue weighted by atomic mass is 10.0. The lowest BCUT2D eigenvalue weighted by molar-refractivity contribution is -0.0555. The Morgan fingerprint density at radius 3 is 2.82 bits per heavy atom. The van der Waals surface area contributed by atoms with Crippen molar-refractivity contribution in [3.63, 3.8) is 0 Å². The van der Waals surface area contributed by atoms with Crippen molar-refractivity contribution in [1.29, 1.82) is 0 Å². The molecule has 0 spiro atoms. The number of nitrogens with zero attached hydrogens (tertiary/aromatic N) is 4. The number of aliphatic hydroxyl groups is 1. The molecule has 124 valence electrons. The lowest BCUT2D eigenvalue weighted by Gasteiger charge is -2.38. The summed E-state index contributed by atoms with van der Waals surface area (Å²) >= 11 is 0. The third-order valence-corrected chi connectivity index (χ3v) is 4.52. The molecule has 0 amide bonds. The number of nitrogens with one attached hydrogen (secondary N) is 1. The van der Waals surface area contributed by atoms with E-state index in [0.29, 0.717) is 26.3 Å². The van der Waals surface area contributed by atoms with Gasteiger partial charge in [0.05, 0.1) is 19.8 Å². The molecular weight excluding hydrogens is 282 g/mol. The first kappa shape index (κ1) is 15.9. The van der Waals surface area contributed by atoms with E-state index in [1.807, 2.05) is 19.4 Å². The fraction of sp³-hybridized carbons (Fsp3) is 0.800. The quantitative estimate of drug-likeness (QED) is 0.735. The molecular formula is C15H27N5O2. The van der Waals surface area contributed by atoms with Crippen molar-refractivity contribution in [2.45, 2.75) is 12.1 Å². The molecule has 1 unspecified atom stereocenters. The second kappa shape index (κ2) is 7.06. The zero-order chi connectivity index (χ0) is 15.4. The molecule has 7 heteroatoms. The van der Waals surface area contributed by atoms with Crippen molar-refractivity contribution < 1.29 is 9.84 Å². The molecule has 0 aromatic carbocycles. The number of aromatic nitrogens is 2. The summed E-state index contributed by atoms with van der Waals surface area (Å²) in [5.74, 6) is 1.11. The molecule has 0 radical (unpaired) electrons. The molecule has 1 atom stereocenters. The normalized spacial score (nSPS) is 28.6. The first-order valence-corrected chi connectivity index (χ1v) is 8.06. The van der Waals surface area contributed by atoms with Crippen LogP contribution in [0.15, 0.2) is 12.4 Å². The van der Waals surface area contributed by atoms with Gasteiger partial charge >= 0.3 is 0 Å². The first-order valence-electron chi connectivity index (χ1n) is 8.06. The topological polar surface area (TPSA) is 65.8 Å². The average Bonchev–Trinajstić information content (AvgIpc) is 2.78. The Labute approximate surface area is 131 Å². The summed E-state index contributed by atoms with van der Waals surface area (Å²) in [5.41, 5.74) is -0.766. The Kier molecular flexibility index (Phi) is 5.10. The van der Waals surface area contributed by atoms with Gasteiger partial charge in [-0.2, -0.15) is 0 Å². The molecule has 0 saturated carbocycles. The highest BCUT2D eigenvalue weighted by Gasteiger charge is 2.32. The maximum absolute atomic E-state index is 10.7. The van der Waals surface area contributed by atoms with Crippen LogP contribution in [0.5, 0.6) is 0 Å². The predicted octanol–water partition coefficient (Wildman–Crippen LogP) is -1.11. The Hall–Kier alpha value is -0.990. The molecule has 2 fully saturated rings. The average molecular weight is 309 g/mol. The molecule has 1 aromatic heterocycles. The van der Waals surface area contributed by atoms with Crippen molar-refractivity contribution in [2.75, 3.05) is 59.0 Å². The highest BCUT2D eigenvalue weighted by molar-refractivity contribution is 4.93. The van der Waals surface area contributed by atoms with Crippen LogP contribution in [0.3, 0.4) is 0 Å². The number of β-amino-alcohol motifs (C(OH)–C–C–N with tert-alkyl or cyclic N) is 1. The van der Waals surface area contributed by atoms with Gasteiger partial charge in [0.1, 0.15) is 11.4 Å². The van der Waals surface area contributed by atoms with Crippen LogP contribution in [0.1, 0.15) is 5.82 Å². The summed E-state index contributed by atoms with van der Waals surface area (Å²) in [6.45, 7) is 8.09. The van der Waals surface area contributed by atoms with Crippen molar-refractivity contribution in [1.82, 2.24) is 24.7 Å². The number of aryl methyl sites for hydroxylation is 1. The zero-order valence-corrected chi connectivity index (χ0v) is 13.4. The number of piperazine rings is 1. The van der Waals surface area contributed by atoms with Crippen LogP contribution in [-0.4, -0.2) is 89.1 Å². The van der Waals surface area contributed by atoms with Gasteiger partial charge in [-0.05, 0) is 0 Å². The zero-order valence-electron chi connectivity index (χ0n) is 13.4. The van der Waals surface area contributed by atoms with Crippen LogP contribution in [0.25, 0.3) is 0 Å². The Morgan fingerprint density at radius 2 is 2.09 bits per heavy atom. The molecule has 7 nitrogen and oxygen atoms in total. The molecule has 2 saturated heterocycles. The fourth-order valence-corrected chi connectivity index (χ4v) is 3.15. The van der Waals surface area contributed by atoms with Crippen molar-refractivity contribution in [3.05, 3.63) is 18.2 Å². The SMILES string of the molecule is Cn1ccnc1CN1CCN(CC2(O)CNCCOC2)CC1. The standard InChI is InChI=1S/C15H27N5O2/c1-18-4-2-17-14(18)10-19-5-7-20(8-6-19)12-15(21)11-16-3-9-22-13-15/h2,4,16,21H,3,5-13H2,1H3. The summed E-state index contributed by atoms with van der Waals surface area (Å²) in [6, 6.07) is 0. The number of rotatable bonds is 4. The van der Waals surface area contributed by atoms with Crippen molar-refractivity contribution in [2.24, 2.45) is 7.05 Å². The fourth-order valence-electron chi connectivity index (χ4n) is 3.15. The third kappa shape index (κ3) is 4.05. The molecule has 2 aliphatic rings. The van der Waals surface area contributed by atoms with E-state index in [1.54, 1.807) is 0 Å². The monoisotopic (exact) mass is 309 g/mol. The minimum Gasteiger partial charge on any atom is -0.385 e. The maximum atomic E-state index is 10.7. The van der Waals surface area contributed by atoms with Crippen LogP contribution in [-0.2, 0) is 18.3 Å². The van der Waals surface area contributed by atoms with Crippen molar-refractivity contribution >= 4 is 0 Å². The van der Waals surface area contributed by atoms with E-state index in [-0.39, 0.29) is 0 Å². The molecule has 3 heterocycles. The van der Waals surface area contributed by atoms with E-state index < -0.39 is 5.60 Å². The second-order valence-corrected chi connectivity index (χ2v) is 6.46. The van der Waals surface area contributed by atoms with Gasteiger partial charge in [-0.1, -0.05) is 0 Å². The van der Waals surface area contributed by atoms with Gasteiger partial charge in [0.15, 0.2) is 0 Å². The molecule has 1 aromatic rings. The summed E-state index contributed by atoms with van der Waals surface area (Å²) in [6.07, 6.45) is 3.83. The van der Waals surface area contributed by atoms with Gasteiger partial charge in [0, 0.05) is 65.3 Å². The van der Waals surface area contributed by atoms with Crippen LogP contribution < -0.4 is 5.32 Å². The first-order chi connectivity index (χ1) is 10.6. The summed E-state index contributed by atoms with van der Waals surface area (Å²) in [5, 5.41) is 13.9. The van der Waals surface area contributed by atoms with Crippen molar-refractivity contribution in [3.8, 4) is 0 Å². The van der Waals surface area contributed by atoms with E-state index in [9.17, 15) is 5.11 Å². The molecule has 2 N–H and O–H groups in total. The van der Waals surface area contributed by atoms with Gasteiger partial charge in [-0.25, -0.2) is 4.98 Å². The van der Waals surface area contributed by atoms with E-state index in [2.05, 4.69) is 24.7 Å². The third-order valence-electron chi connectivity index (χ3n) is 4.52. The van der Waals surface area contributed by atoms with E-state index in [1.165, 1.54) is 0 Å². The van der Waals surface area contributed by atoms with Crippen LogP contribution >= 0.6 is 0 Å². The molecule has 22 heavy (non-hydrogen) atoms. The van der Waals surface area contributed by atoms with E-state index in [4.69, 9.17) is 4.74 Å². The van der Waals surface area contributed by atoms with Gasteiger partial charge in [-0.15, -0.1) is 0 Å². The smallest absolute Gasteiger partial charge is 0.122 e. The van der Waals surface area contributed by atoms with Crippen LogP contribution in [0, 0.1) is 0 Å². The van der Waals surface area contributed by atoms with Gasteiger partial charge in [-0.3, -0.25) is 9.80 Å². The molecule has 3 rings (SSSR count). The van der Waals surface area contributed by atoms with Crippen LogP contribution in [0.2, 0.25) is 0 Å². The predicted molar refractivity (Wildman–Crippen MR) is 83.6 cm³/mol. The van der Waals surface area contributed by atoms with Crippen LogP contribution in [0.4, 0.5) is 0 Å². The molecule has 0 bridgehead atoms. The van der Waals surface area contributed by atoms with Gasteiger partial charge in [0.25, 0.3) is 0 Å². The Balaban J connectivity index is 1.46. The van der Waals surface area contributed by atoms with E-state index >= 15 is 0 Å². The lowest BCUT2D eigenvalue weighted by Crippen LogP contribution is -2.55. The molecule has 2 aliphatic heterocycles. The highest BCUT2D eigenvalue weighted by atomic mass is 16.5. The minimum absolute atomic E-state index is 0.424. The Morgan fingerprint density at radius 1 is 1.32 bits per heavy atom. The number of ether oxygens (including phenoxy) is 1. The largest absolute Gasteiger partial charge is 0.385 e. The Bertz CT molecular complexity index is 462. The van der Waals surface area contributed by atoms with E-state index in [0.717, 1.165) is 45.1 Å². The van der Waals surface area contributed by atoms with Gasteiger partial charge < -0.3 is 19.7 Å². The number of hydrogen-bond acceptors (Lipinski definition) is 6.